The van der Waals surface area contributed by atoms with Gasteiger partial charge in [-0.1, -0.05) is 81.1 Å². The molecule has 1 aliphatic rings. The van der Waals surface area contributed by atoms with Crippen LogP contribution in [-0.2, 0) is 11.2 Å². The summed E-state index contributed by atoms with van der Waals surface area (Å²) in [4.78, 5) is 16.8. The van der Waals surface area contributed by atoms with Crippen LogP contribution >= 0.6 is 0 Å². The fraction of sp³-hybridized carbons (Fsp3) is 0.346. The average Bonchev–Trinajstić information content (AvgIpc) is 2.79. The maximum atomic E-state index is 12.5. The number of allylic oxidation sites excluding steroid dienone is 1. The molecule has 0 unspecified atom stereocenters. The van der Waals surface area contributed by atoms with E-state index < -0.39 is 0 Å². The van der Waals surface area contributed by atoms with E-state index in [0.717, 1.165) is 38.2 Å². The number of carbonyl (C=O) groups is 1. The van der Waals surface area contributed by atoms with E-state index in [1.807, 2.05) is 49.1 Å². The van der Waals surface area contributed by atoms with Crippen LogP contribution in [0, 0.1) is 6.92 Å². The smallest absolute Gasteiger partial charge is 0.226 e. The molecule has 0 spiro atoms. The number of nitrogens with zero attached hydrogens (tertiary/aromatic N) is 2. The second-order valence-corrected chi connectivity index (χ2v) is 6.98. The van der Waals surface area contributed by atoms with E-state index in [9.17, 15) is 4.79 Å². The quantitative estimate of drug-likeness (QED) is 0.608. The molecule has 2 aromatic rings. The molecule has 1 aliphatic heterocycles. The van der Waals surface area contributed by atoms with Gasteiger partial charge in [0.25, 0.3) is 0 Å². The van der Waals surface area contributed by atoms with Crippen molar-refractivity contribution in [2.24, 2.45) is 0 Å². The number of rotatable bonds is 6. The van der Waals surface area contributed by atoms with E-state index >= 15 is 0 Å². The van der Waals surface area contributed by atoms with Crippen LogP contribution in [0.15, 0.2) is 67.3 Å². The first-order chi connectivity index (χ1) is 14.2. The van der Waals surface area contributed by atoms with E-state index in [0.29, 0.717) is 6.42 Å². The van der Waals surface area contributed by atoms with Gasteiger partial charge < -0.3 is 9.80 Å². The van der Waals surface area contributed by atoms with Crippen LogP contribution in [0.4, 0.5) is 5.69 Å². The van der Waals surface area contributed by atoms with Crippen LogP contribution in [0.25, 0.3) is 6.08 Å². The molecule has 3 rings (SSSR count). The molecule has 3 nitrogen and oxygen atoms in total. The minimum absolute atomic E-state index is 0.218. The highest BCUT2D eigenvalue weighted by atomic mass is 16.2. The standard InChI is InChI=1S/C24H28N2O.C2H6/c1-3-21-14-13-20(2)23(19-21)25-15-17-26(18-16-25)24(27)12-8-7-11-22-9-5-4-6-10-22;1-2/h3-10,13-14,19H,1,11-12,15-18H2,2H3;1-2H3. The first kappa shape index (κ1) is 22.5. The summed E-state index contributed by atoms with van der Waals surface area (Å²) in [5.74, 6) is 0.218. The Bertz CT molecular complexity index is 803. The molecule has 2 aromatic carbocycles. The van der Waals surface area contributed by atoms with Gasteiger partial charge in [0.05, 0.1) is 0 Å². The van der Waals surface area contributed by atoms with E-state index in [4.69, 9.17) is 0 Å². The largest absolute Gasteiger partial charge is 0.368 e. The van der Waals surface area contributed by atoms with Crippen molar-refractivity contribution < 1.29 is 4.79 Å². The summed E-state index contributed by atoms with van der Waals surface area (Å²) < 4.78 is 0. The summed E-state index contributed by atoms with van der Waals surface area (Å²) in [5, 5.41) is 0. The van der Waals surface area contributed by atoms with Gasteiger partial charge in [-0.2, -0.15) is 0 Å². The van der Waals surface area contributed by atoms with Crippen LogP contribution in [0.1, 0.15) is 37.0 Å². The topological polar surface area (TPSA) is 23.6 Å². The molecule has 0 saturated carbocycles. The number of anilines is 1. The van der Waals surface area contributed by atoms with Gasteiger partial charge in [-0.25, -0.2) is 0 Å². The summed E-state index contributed by atoms with van der Waals surface area (Å²) in [7, 11) is 0. The summed E-state index contributed by atoms with van der Waals surface area (Å²) in [5.41, 5.74) is 4.93. The van der Waals surface area contributed by atoms with Gasteiger partial charge in [-0.3, -0.25) is 4.79 Å². The number of benzene rings is 2. The van der Waals surface area contributed by atoms with Crippen LogP contribution in [0.2, 0.25) is 0 Å². The van der Waals surface area contributed by atoms with E-state index in [1.165, 1.54) is 16.8 Å². The monoisotopic (exact) mass is 390 g/mol. The zero-order valence-electron chi connectivity index (χ0n) is 18.1. The summed E-state index contributed by atoms with van der Waals surface area (Å²) >= 11 is 0. The Morgan fingerprint density at radius 3 is 2.34 bits per heavy atom. The molecular formula is C26H34N2O. The molecule has 1 saturated heterocycles. The summed E-state index contributed by atoms with van der Waals surface area (Å²) in [6.07, 6.45) is 7.33. The molecule has 0 radical (unpaired) electrons. The molecule has 0 atom stereocenters. The van der Waals surface area contributed by atoms with Gasteiger partial charge in [-0.05, 0) is 36.1 Å². The van der Waals surface area contributed by atoms with Gasteiger partial charge in [0, 0.05) is 38.3 Å². The van der Waals surface area contributed by atoms with E-state index in [1.54, 1.807) is 0 Å². The van der Waals surface area contributed by atoms with E-state index in [-0.39, 0.29) is 5.91 Å². The number of hydrogen-bond acceptors (Lipinski definition) is 2. The maximum Gasteiger partial charge on any atom is 0.226 e. The zero-order chi connectivity index (χ0) is 21.1. The highest BCUT2D eigenvalue weighted by Crippen LogP contribution is 2.23. The highest BCUT2D eigenvalue weighted by molar-refractivity contribution is 5.78. The van der Waals surface area contributed by atoms with Crippen molar-refractivity contribution >= 4 is 17.7 Å². The molecule has 154 valence electrons. The lowest BCUT2D eigenvalue weighted by molar-refractivity contribution is -0.130. The second kappa shape index (κ2) is 11.9. The number of amides is 1. The molecule has 0 aromatic heterocycles. The molecule has 29 heavy (non-hydrogen) atoms. The van der Waals surface area contributed by atoms with Gasteiger partial charge >= 0.3 is 0 Å². The number of piperazine rings is 1. The van der Waals surface area contributed by atoms with E-state index in [2.05, 4.69) is 54.8 Å². The average molecular weight is 391 g/mol. The third-order valence-electron chi connectivity index (χ3n) is 5.10. The summed E-state index contributed by atoms with van der Waals surface area (Å²) in [6.45, 7) is 13.3. The highest BCUT2D eigenvalue weighted by Gasteiger charge is 2.21. The van der Waals surface area contributed by atoms with Crippen molar-refractivity contribution in [3.05, 3.63) is 84.0 Å². The molecule has 0 bridgehead atoms. The minimum Gasteiger partial charge on any atom is -0.368 e. The molecule has 1 fully saturated rings. The van der Waals surface area contributed by atoms with Crippen molar-refractivity contribution in [3.8, 4) is 0 Å². The molecular weight excluding hydrogens is 356 g/mol. The predicted molar refractivity (Wildman–Crippen MR) is 125 cm³/mol. The van der Waals surface area contributed by atoms with Crippen LogP contribution in [0.3, 0.4) is 0 Å². The van der Waals surface area contributed by atoms with Crippen LogP contribution in [-0.4, -0.2) is 37.0 Å². The normalized spacial score (nSPS) is 13.8. The number of hydrogen-bond donors (Lipinski definition) is 0. The SMILES string of the molecule is C=Cc1ccc(C)c(N2CCN(C(=O)CC=CCc3ccccc3)CC2)c1.CC. The Morgan fingerprint density at radius 2 is 1.69 bits per heavy atom. The minimum atomic E-state index is 0.218. The lowest BCUT2D eigenvalue weighted by atomic mass is 10.1. The molecule has 0 aliphatic carbocycles. The van der Waals surface area contributed by atoms with Crippen molar-refractivity contribution in [2.45, 2.75) is 33.6 Å². The van der Waals surface area contributed by atoms with Crippen molar-refractivity contribution in [1.29, 1.82) is 0 Å². The second-order valence-electron chi connectivity index (χ2n) is 6.98. The zero-order valence-corrected chi connectivity index (χ0v) is 18.1. The van der Waals surface area contributed by atoms with Crippen molar-refractivity contribution in [3.63, 3.8) is 0 Å². The molecule has 0 N–H and O–H groups in total. The lowest BCUT2D eigenvalue weighted by Crippen LogP contribution is -2.48. The van der Waals surface area contributed by atoms with Gasteiger partial charge in [0.15, 0.2) is 0 Å². The first-order valence-electron chi connectivity index (χ1n) is 10.6. The third kappa shape index (κ3) is 6.63. The fourth-order valence-corrected chi connectivity index (χ4v) is 3.44. The Hall–Kier alpha value is -2.81. The molecule has 1 amide bonds. The van der Waals surface area contributed by atoms with Gasteiger partial charge in [0.2, 0.25) is 5.91 Å². The van der Waals surface area contributed by atoms with Gasteiger partial charge in [-0.15, -0.1) is 0 Å². The Labute approximate surface area is 176 Å². The fourth-order valence-electron chi connectivity index (χ4n) is 3.44. The Morgan fingerprint density at radius 1 is 1.00 bits per heavy atom. The Kier molecular flexibility index (Phi) is 9.23. The molecule has 1 heterocycles. The maximum absolute atomic E-state index is 12.5. The van der Waals surface area contributed by atoms with Crippen LogP contribution in [0.5, 0.6) is 0 Å². The predicted octanol–water partition coefficient (Wildman–Crippen LogP) is 5.50. The van der Waals surface area contributed by atoms with Crippen molar-refractivity contribution in [1.82, 2.24) is 4.90 Å². The first-order valence-corrected chi connectivity index (χ1v) is 10.6. The lowest BCUT2D eigenvalue weighted by Gasteiger charge is -2.37. The van der Waals surface area contributed by atoms with Crippen molar-refractivity contribution in [2.75, 3.05) is 31.1 Å². The number of aryl methyl sites for hydroxylation is 1. The third-order valence-corrected chi connectivity index (χ3v) is 5.10. The molecule has 3 heteroatoms. The Balaban J connectivity index is 0.00000145. The van der Waals surface area contributed by atoms with Crippen LogP contribution < -0.4 is 4.90 Å². The number of carbonyl (C=O) groups excluding carboxylic acids is 1. The summed E-state index contributed by atoms with van der Waals surface area (Å²) in [6, 6.07) is 16.7. The van der Waals surface area contributed by atoms with Gasteiger partial charge in [0.1, 0.15) is 0 Å².